The van der Waals surface area contributed by atoms with E-state index < -0.39 is 17.7 Å². The second-order valence-electron chi connectivity index (χ2n) is 7.59. The number of hydrogen-bond acceptors (Lipinski definition) is 3. The highest BCUT2D eigenvalue weighted by molar-refractivity contribution is 5.83. The molecule has 1 aliphatic heterocycles. The average molecular weight is 398 g/mol. The summed E-state index contributed by atoms with van der Waals surface area (Å²) in [6.07, 6.45) is -2.37. The van der Waals surface area contributed by atoms with Gasteiger partial charge in [0.25, 0.3) is 0 Å². The van der Waals surface area contributed by atoms with Crippen LogP contribution in [0.5, 0.6) is 0 Å². The first-order valence-corrected chi connectivity index (χ1v) is 9.62. The summed E-state index contributed by atoms with van der Waals surface area (Å²) in [4.78, 5) is 27.4. The number of carbonyl (C=O) groups is 2. The molecule has 154 valence electrons. The minimum absolute atomic E-state index is 0.00199. The molecule has 1 aromatic rings. The van der Waals surface area contributed by atoms with Crippen molar-refractivity contribution in [2.45, 2.75) is 44.3 Å². The van der Waals surface area contributed by atoms with E-state index in [9.17, 15) is 22.8 Å². The topological polar surface area (TPSA) is 60.9 Å². The molecule has 1 aliphatic carbocycles. The van der Waals surface area contributed by atoms with E-state index >= 15 is 0 Å². The Morgan fingerprint density at radius 1 is 1.25 bits per heavy atom. The first-order chi connectivity index (χ1) is 13.2. The maximum atomic E-state index is 12.9. The number of carbonyl (C=O) groups excluding carboxylic acids is 1. The van der Waals surface area contributed by atoms with Crippen LogP contribution in [-0.2, 0) is 15.8 Å². The maximum Gasteiger partial charge on any atom is 0.416 e. The zero-order valence-corrected chi connectivity index (χ0v) is 15.8. The van der Waals surface area contributed by atoms with Crippen molar-refractivity contribution in [3.05, 3.63) is 35.4 Å². The molecule has 1 saturated carbocycles. The molecular weight excluding hydrogens is 373 g/mol. The zero-order chi connectivity index (χ0) is 20.5. The lowest BCUT2D eigenvalue weighted by Gasteiger charge is -2.37. The van der Waals surface area contributed by atoms with Crippen LogP contribution in [0.1, 0.15) is 43.2 Å². The summed E-state index contributed by atoms with van der Waals surface area (Å²) in [5.41, 5.74) is -0.108. The molecule has 2 atom stereocenters. The van der Waals surface area contributed by atoms with Gasteiger partial charge in [0.15, 0.2) is 0 Å². The molecule has 1 heterocycles. The predicted molar refractivity (Wildman–Crippen MR) is 96.8 cm³/mol. The first-order valence-electron chi connectivity index (χ1n) is 9.62. The minimum atomic E-state index is -4.38. The molecule has 28 heavy (non-hydrogen) atoms. The third-order valence-corrected chi connectivity index (χ3v) is 5.79. The number of hydrogen-bond donors (Lipinski definition) is 1. The number of carboxylic acid groups (broad SMARTS) is 1. The van der Waals surface area contributed by atoms with Gasteiger partial charge in [-0.1, -0.05) is 25.1 Å². The second-order valence-corrected chi connectivity index (χ2v) is 7.59. The van der Waals surface area contributed by atoms with Crippen molar-refractivity contribution in [1.29, 1.82) is 0 Å². The van der Waals surface area contributed by atoms with E-state index in [1.807, 2.05) is 11.8 Å². The van der Waals surface area contributed by atoms with Crippen LogP contribution < -0.4 is 0 Å². The van der Waals surface area contributed by atoms with Crippen molar-refractivity contribution in [3.63, 3.8) is 0 Å². The molecule has 8 heteroatoms. The Bertz CT molecular complexity index is 730. The number of carboxylic acids is 1. The minimum Gasteiger partial charge on any atom is -0.480 e. The molecule has 2 fully saturated rings. The van der Waals surface area contributed by atoms with E-state index in [0.29, 0.717) is 44.5 Å². The molecule has 0 spiro atoms. The summed E-state index contributed by atoms with van der Waals surface area (Å²) in [5, 5.41) is 9.00. The number of benzene rings is 1. The van der Waals surface area contributed by atoms with Crippen LogP contribution in [0.15, 0.2) is 24.3 Å². The van der Waals surface area contributed by atoms with Gasteiger partial charge >= 0.3 is 12.1 Å². The number of rotatable bonds is 6. The van der Waals surface area contributed by atoms with Crippen LogP contribution in [0.2, 0.25) is 0 Å². The number of nitrogens with zero attached hydrogens (tertiary/aromatic N) is 2. The fourth-order valence-corrected chi connectivity index (χ4v) is 4.14. The van der Waals surface area contributed by atoms with Gasteiger partial charge in [0.1, 0.15) is 0 Å². The second kappa shape index (κ2) is 8.11. The van der Waals surface area contributed by atoms with Gasteiger partial charge in [0.05, 0.1) is 12.1 Å². The van der Waals surface area contributed by atoms with Gasteiger partial charge in [0, 0.05) is 25.0 Å². The number of likely N-dealkylation sites (tertiary alicyclic amines) is 1. The normalized spacial score (nSPS) is 23.1. The summed E-state index contributed by atoms with van der Waals surface area (Å²) < 4.78 is 38.7. The number of alkyl halides is 3. The highest BCUT2D eigenvalue weighted by atomic mass is 19.4. The predicted octanol–water partition coefficient (Wildman–Crippen LogP) is 3.21. The Labute approximate surface area is 162 Å². The van der Waals surface area contributed by atoms with E-state index in [4.69, 9.17) is 5.11 Å². The fraction of sp³-hybridized carbons (Fsp3) is 0.600. The molecule has 2 aliphatic rings. The van der Waals surface area contributed by atoms with Gasteiger partial charge in [-0.2, -0.15) is 13.2 Å². The van der Waals surface area contributed by atoms with Crippen molar-refractivity contribution >= 4 is 11.9 Å². The first kappa shape index (κ1) is 20.6. The Kier molecular flexibility index (Phi) is 5.98. The van der Waals surface area contributed by atoms with Crippen molar-refractivity contribution in [2.24, 2.45) is 5.92 Å². The van der Waals surface area contributed by atoms with Crippen LogP contribution in [0.4, 0.5) is 13.2 Å². The Morgan fingerprint density at radius 2 is 1.93 bits per heavy atom. The molecule has 3 rings (SSSR count). The highest BCUT2D eigenvalue weighted by Crippen LogP contribution is 2.49. The van der Waals surface area contributed by atoms with Crippen LogP contribution in [-0.4, -0.2) is 59.0 Å². The Balaban J connectivity index is 1.55. The quantitative estimate of drug-likeness (QED) is 0.800. The smallest absolute Gasteiger partial charge is 0.416 e. The standard InChI is InChI=1S/C20H25F3N2O3/c1-2-24(12-18(26)27)15-6-8-25(9-7-15)19(28)17-11-16(17)13-4-3-5-14(10-13)20(21,22)23/h3-5,10,15-17H,2,6-9,11-12H2,1H3,(H,26,27)/t16-,17-/m0/s1. The van der Waals surface area contributed by atoms with Crippen molar-refractivity contribution < 1.29 is 27.9 Å². The van der Waals surface area contributed by atoms with Crippen molar-refractivity contribution in [2.75, 3.05) is 26.2 Å². The van der Waals surface area contributed by atoms with Crippen LogP contribution in [0.3, 0.4) is 0 Å². The maximum absolute atomic E-state index is 12.9. The van der Waals surface area contributed by atoms with E-state index in [1.54, 1.807) is 11.0 Å². The SMILES string of the molecule is CCN(CC(=O)O)C1CCN(C(=O)[C@H]2C[C@H]2c2cccc(C(F)(F)F)c2)CC1. The van der Waals surface area contributed by atoms with Crippen molar-refractivity contribution in [3.8, 4) is 0 Å². The summed E-state index contributed by atoms with van der Waals surface area (Å²) in [6.45, 7) is 3.68. The molecule has 1 aromatic carbocycles. The van der Waals surface area contributed by atoms with Gasteiger partial charge in [-0.3, -0.25) is 14.5 Å². The van der Waals surface area contributed by atoms with Gasteiger partial charge in [-0.25, -0.2) is 0 Å². The number of likely N-dealkylation sites (N-methyl/N-ethyl adjacent to an activating group) is 1. The number of aliphatic carboxylic acids is 1. The lowest BCUT2D eigenvalue weighted by Crippen LogP contribution is -2.48. The molecule has 1 N–H and O–H groups in total. The largest absolute Gasteiger partial charge is 0.480 e. The Hall–Kier alpha value is -2.09. The molecule has 0 aromatic heterocycles. The Morgan fingerprint density at radius 3 is 2.50 bits per heavy atom. The molecule has 5 nitrogen and oxygen atoms in total. The average Bonchev–Trinajstić information content (AvgIpc) is 3.46. The molecule has 1 amide bonds. The summed E-state index contributed by atoms with van der Waals surface area (Å²) in [6, 6.07) is 5.39. The van der Waals surface area contributed by atoms with Crippen molar-refractivity contribution in [1.82, 2.24) is 9.80 Å². The van der Waals surface area contributed by atoms with Crippen LogP contribution in [0.25, 0.3) is 0 Å². The monoisotopic (exact) mass is 398 g/mol. The van der Waals surface area contributed by atoms with Gasteiger partial charge in [0.2, 0.25) is 5.91 Å². The third-order valence-electron chi connectivity index (χ3n) is 5.79. The van der Waals surface area contributed by atoms with Crippen LogP contribution >= 0.6 is 0 Å². The highest BCUT2D eigenvalue weighted by Gasteiger charge is 2.47. The van der Waals surface area contributed by atoms with E-state index in [1.165, 1.54) is 6.07 Å². The number of piperidine rings is 1. The molecule has 0 bridgehead atoms. The molecule has 0 unspecified atom stereocenters. The van der Waals surface area contributed by atoms with E-state index in [-0.39, 0.29) is 30.3 Å². The third kappa shape index (κ3) is 4.66. The number of amides is 1. The van der Waals surface area contributed by atoms with E-state index in [2.05, 4.69) is 0 Å². The van der Waals surface area contributed by atoms with Gasteiger partial charge in [-0.05, 0) is 43.4 Å². The zero-order valence-electron chi connectivity index (χ0n) is 15.8. The summed E-state index contributed by atoms with van der Waals surface area (Å²) >= 11 is 0. The fourth-order valence-electron chi connectivity index (χ4n) is 4.14. The summed E-state index contributed by atoms with van der Waals surface area (Å²) in [5.74, 6) is -1.25. The van der Waals surface area contributed by atoms with Gasteiger partial charge < -0.3 is 10.0 Å². The summed E-state index contributed by atoms with van der Waals surface area (Å²) in [7, 11) is 0. The molecule has 1 saturated heterocycles. The number of halogens is 3. The van der Waals surface area contributed by atoms with E-state index in [0.717, 1.165) is 12.1 Å². The molecule has 0 radical (unpaired) electrons. The van der Waals surface area contributed by atoms with Crippen LogP contribution in [0, 0.1) is 5.92 Å². The van der Waals surface area contributed by atoms with Gasteiger partial charge in [-0.15, -0.1) is 0 Å². The lowest BCUT2D eigenvalue weighted by molar-refractivity contribution is -0.140. The molecular formula is C20H25F3N2O3. The lowest BCUT2D eigenvalue weighted by atomic mass is 10.0.